The Morgan fingerprint density at radius 2 is 2.20 bits per heavy atom. The summed E-state index contributed by atoms with van der Waals surface area (Å²) in [6, 6.07) is 3.64. The van der Waals surface area contributed by atoms with E-state index < -0.39 is 9.84 Å². The van der Waals surface area contributed by atoms with Crippen LogP contribution in [0.25, 0.3) is 0 Å². The van der Waals surface area contributed by atoms with Gasteiger partial charge in [0.05, 0.1) is 34.6 Å². The number of amides is 1. The quantitative estimate of drug-likeness (QED) is 0.876. The van der Waals surface area contributed by atoms with Crippen LogP contribution in [0.15, 0.2) is 24.5 Å². The number of sulfone groups is 1. The highest BCUT2D eigenvalue weighted by molar-refractivity contribution is 7.91. The fourth-order valence-corrected chi connectivity index (χ4v) is 4.87. The van der Waals surface area contributed by atoms with Gasteiger partial charge in [0.1, 0.15) is 0 Å². The average molecular weight is 362 g/mol. The van der Waals surface area contributed by atoms with Gasteiger partial charge in [-0.15, -0.1) is 0 Å². The van der Waals surface area contributed by atoms with E-state index in [-0.39, 0.29) is 23.5 Å². The number of aromatic nitrogens is 3. The Balaban J connectivity index is 1.67. The van der Waals surface area contributed by atoms with Crippen molar-refractivity contribution in [3.8, 4) is 0 Å². The van der Waals surface area contributed by atoms with Gasteiger partial charge in [0.15, 0.2) is 9.84 Å². The lowest BCUT2D eigenvalue weighted by molar-refractivity contribution is -0.116. The van der Waals surface area contributed by atoms with Crippen molar-refractivity contribution in [2.75, 3.05) is 16.8 Å². The van der Waals surface area contributed by atoms with Crippen LogP contribution in [0.4, 0.5) is 5.69 Å². The smallest absolute Gasteiger partial charge is 0.224 e. The largest absolute Gasteiger partial charge is 0.323 e. The first-order chi connectivity index (χ1) is 11.9. The molecular formula is C17H22N4O3S. The molecule has 7 nitrogen and oxygen atoms in total. The number of nitrogens with one attached hydrogen (secondary N) is 1. The van der Waals surface area contributed by atoms with Crippen LogP contribution in [-0.2, 0) is 21.1 Å². The number of nitrogens with zero attached hydrogens (tertiary/aromatic N) is 3. The number of hydrogen-bond acceptors (Lipinski definition) is 5. The number of hydrogen-bond donors (Lipinski definition) is 1. The molecule has 8 heteroatoms. The van der Waals surface area contributed by atoms with E-state index in [9.17, 15) is 13.2 Å². The minimum Gasteiger partial charge on any atom is -0.323 e. The van der Waals surface area contributed by atoms with Crippen LogP contribution < -0.4 is 5.32 Å². The zero-order valence-electron chi connectivity index (χ0n) is 14.4. The third-order valence-electron chi connectivity index (χ3n) is 4.51. The van der Waals surface area contributed by atoms with Gasteiger partial charge in [-0.2, -0.15) is 5.10 Å². The Bertz CT molecular complexity index is 875. The summed E-state index contributed by atoms with van der Waals surface area (Å²) in [6.45, 7) is 3.69. The number of rotatable bonds is 5. The maximum atomic E-state index is 12.3. The topological polar surface area (TPSA) is 94.0 Å². The number of carbonyl (C=O) groups excluding carboxylic acids is 1. The van der Waals surface area contributed by atoms with E-state index in [1.807, 2.05) is 26.0 Å². The number of anilines is 1. The SMILES string of the molecule is Cc1nn(C2CCS(=O)(=O)C2)c(C)c1NC(=O)CCc1cccnc1. The van der Waals surface area contributed by atoms with Gasteiger partial charge in [-0.25, -0.2) is 8.42 Å². The predicted octanol–water partition coefficient (Wildman–Crippen LogP) is 1.83. The second-order valence-corrected chi connectivity index (χ2v) is 8.69. The van der Waals surface area contributed by atoms with E-state index in [2.05, 4.69) is 15.4 Å². The molecule has 1 aliphatic heterocycles. The molecule has 0 saturated carbocycles. The Labute approximate surface area is 147 Å². The second-order valence-electron chi connectivity index (χ2n) is 6.46. The van der Waals surface area contributed by atoms with Gasteiger partial charge in [-0.1, -0.05) is 6.07 Å². The molecule has 1 fully saturated rings. The molecule has 1 saturated heterocycles. The van der Waals surface area contributed by atoms with Crippen molar-refractivity contribution in [2.45, 2.75) is 39.2 Å². The highest BCUT2D eigenvalue weighted by Crippen LogP contribution is 2.29. The molecule has 0 radical (unpaired) electrons. The molecule has 1 amide bonds. The van der Waals surface area contributed by atoms with Gasteiger partial charge in [0.2, 0.25) is 5.91 Å². The average Bonchev–Trinajstić information content (AvgIpc) is 3.07. The molecule has 3 heterocycles. The highest BCUT2D eigenvalue weighted by atomic mass is 32.2. The molecule has 1 N–H and O–H groups in total. The molecule has 0 aliphatic carbocycles. The van der Waals surface area contributed by atoms with E-state index in [0.717, 1.165) is 11.3 Å². The normalized spacial score (nSPS) is 19.0. The molecule has 0 bridgehead atoms. The van der Waals surface area contributed by atoms with Crippen LogP contribution in [-0.4, -0.2) is 40.6 Å². The van der Waals surface area contributed by atoms with E-state index >= 15 is 0 Å². The third kappa shape index (κ3) is 4.07. The van der Waals surface area contributed by atoms with Crippen molar-refractivity contribution in [1.82, 2.24) is 14.8 Å². The summed E-state index contributed by atoms with van der Waals surface area (Å²) in [4.78, 5) is 16.3. The van der Waals surface area contributed by atoms with Gasteiger partial charge < -0.3 is 5.32 Å². The first-order valence-electron chi connectivity index (χ1n) is 8.30. The van der Waals surface area contributed by atoms with Crippen LogP contribution in [0.1, 0.15) is 35.8 Å². The molecule has 1 aliphatic rings. The lowest BCUT2D eigenvalue weighted by Gasteiger charge is -2.11. The Morgan fingerprint density at radius 1 is 1.40 bits per heavy atom. The Hall–Kier alpha value is -2.22. The lowest BCUT2D eigenvalue weighted by Crippen LogP contribution is -2.15. The summed E-state index contributed by atoms with van der Waals surface area (Å²) >= 11 is 0. The van der Waals surface area contributed by atoms with Crippen molar-refractivity contribution < 1.29 is 13.2 Å². The monoisotopic (exact) mass is 362 g/mol. The fourth-order valence-electron chi connectivity index (χ4n) is 3.17. The molecule has 2 aromatic heterocycles. The van der Waals surface area contributed by atoms with Crippen LogP contribution in [0.5, 0.6) is 0 Å². The van der Waals surface area contributed by atoms with Crippen LogP contribution >= 0.6 is 0 Å². The third-order valence-corrected chi connectivity index (χ3v) is 6.26. The molecule has 1 atom stereocenters. The van der Waals surface area contributed by atoms with Crippen LogP contribution in [0, 0.1) is 13.8 Å². The van der Waals surface area contributed by atoms with E-state index in [1.54, 1.807) is 17.1 Å². The van der Waals surface area contributed by atoms with Crippen molar-refractivity contribution in [2.24, 2.45) is 0 Å². The maximum Gasteiger partial charge on any atom is 0.224 e. The molecule has 25 heavy (non-hydrogen) atoms. The van der Waals surface area contributed by atoms with E-state index in [0.29, 0.717) is 30.6 Å². The summed E-state index contributed by atoms with van der Waals surface area (Å²) in [7, 11) is -2.98. The number of carbonyl (C=O) groups is 1. The molecule has 134 valence electrons. The molecule has 1 unspecified atom stereocenters. The molecule has 2 aromatic rings. The van der Waals surface area contributed by atoms with Crippen molar-refractivity contribution in [1.29, 1.82) is 0 Å². The first-order valence-corrected chi connectivity index (χ1v) is 10.1. The zero-order valence-corrected chi connectivity index (χ0v) is 15.2. The van der Waals surface area contributed by atoms with Gasteiger partial charge in [-0.3, -0.25) is 14.5 Å². The molecule has 3 rings (SSSR count). The van der Waals surface area contributed by atoms with Crippen molar-refractivity contribution in [3.63, 3.8) is 0 Å². The maximum absolute atomic E-state index is 12.3. The summed E-state index contributed by atoms with van der Waals surface area (Å²) in [5.41, 5.74) is 3.20. The van der Waals surface area contributed by atoms with Crippen molar-refractivity contribution >= 4 is 21.4 Å². The number of aryl methyl sites for hydroxylation is 2. The minimum absolute atomic E-state index is 0.0892. The Morgan fingerprint density at radius 3 is 2.84 bits per heavy atom. The van der Waals surface area contributed by atoms with E-state index in [1.165, 1.54) is 0 Å². The number of pyridine rings is 1. The fraction of sp³-hybridized carbons (Fsp3) is 0.471. The van der Waals surface area contributed by atoms with Crippen LogP contribution in [0.3, 0.4) is 0 Å². The summed E-state index contributed by atoms with van der Waals surface area (Å²) < 4.78 is 25.1. The minimum atomic E-state index is -2.98. The van der Waals surface area contributed by atoms with Crippen LogP contribution in [0.2, 0.25) is 0 Å². The molecule has 0 spiro atoms. The summed E-state index contributed by atoms with van der Waals surface area (Å²) in [5, 5.41) is 7.38. The van der Waals surface area contributed by atoms with Gasteiger partial charge >= 0.3 is 0 Å². The summed E-state index contributed by atoms with van der Waals surface area (Å²) in [6.07, 6.45) is 5.00. The van der Waals surface area contributed by atoms with E-state index in [4.69, 9.17) is 0 Å². The van der Waals surface area contributed by atoms with Gasteiger partial charge in [0.25, 0.3) is 0 Å². The molecule has 0 aromatic carbocycles. The summed E-state index contributed by atoms with van der Waals surface area (Å²) in [5.74, 6) is 0.222. The predicted molar refractivity (Wildman–Crippen MR) is 95.2 cm³/mol. The second kappa shape index (κ2) is 6.95. The first kappa shape index (κ1) is 17.6. The highest BCUT2D eigenvalue weighted by Gasteiger charge is 2.31. The van der Waals surface area contributed by atoms with Gasteiger partial charge in [0, 0.05) is 18.8 Å². The lowest BCUT2D eigenvalue weighted by atomic mass is 10.1. The zero-order chi connectivity index (χ0) is 18.0. The molecular weight excluding hydrogens is 340 g/mol. The Kier molecular flexibility index (Phi) is 4.89. The van der Waals surface area contributed by atoms with Crippen molar-refractivity contribution in [3.05, 3.63) is 41.5 Å². The van der Waals surface area contributed by atoms with Gasteiger partial charge in [-0.05, 0) is 38.3 Å². The standard InChI is InChI=1S/C17H22N4O3S/c1-12-17(19-16(22)6-5-14-4-3-8-18-10-14)13(2)21(20-12)15-7-9-25(23,24)11-15/h3-4,8,10,15H,5-7,9,11H2,1-2H3,(H,19,22).